The van der Waals surface area contributed by atoms with Gasteiger partial charge in [-0.05, 0) is 0 Å². The molecule has 0 radical (unpaired) electrons. The van der Waals surface area contributed by atoms with Crippen molar-refractivity contribution in [3.8, 4) is 0 Å². The third-order valence-electron chi connectivity index (χ3n) is 0.707. The summed E-state index contributed by atoms with van der Waals surface area (Å²) < 4.78 is 0. The number of unbranched alkanes of at least 4 members (excludes halogenated alkanes) is 2. The molecule has 0 bridgehead atoms. The van der Waals surface area contributed by atoms with Crippen LogP contribution in [0.25, 0.3) is 0 Å². The van der Waals surface area contributed by atoms with Crippen LogP contribution in [-0.2, 0) is 0 Å². The minimum Gasteiger partial charge on any atom is -1.00 e. The molecule has 0 aliphatic heterocycles. The van der Waals surface area contributed by atoms with Crippen molar-refractivity contribution in [3.05, 3.63) is 13.8 Å². The van der Waals surface area contributed by atoms with Crippen LogP contribution in [-0.4, -0.2) is 51.6 Å². The first-order valence-electron chi connectivity index (χ1n) is 3.41. The number of hydrogen-bond donors (Lipinski definition) is 0. The predicted molar refractivity (Wildman–Crippen MR) is 55.7 cm³/mol. The van der Waals surface area contributed by atoms with Crippen LogP contribution in [0, 0.1) is 13.8 Å². The second-order valence-electron chi connectivity index (χ2n) is 1.71. The monoisotopic (exact) mass is 250 g/mol. The molecule has 0 heterocycles. The summed E-state index contributed by atoms with van der Waals surface area (Å²) in [6, 6.07) is 0. The van der Waals surface area contributed by atoms with Gasteiger partial charge in [0.1, 0.15) is 0 Å². The van der Waals surface area contributed by atoms with Crippen LogP contribution < -0.4 is 24.8 Å². The Labute approximate surface area is 129 Å². The maximum absolute atomic E-state index is 3.60. The Morgan fingerprint density at radius 1 is 0.769 bits per heavy atom. The molecule has 0 saturated carbocycles. The predicted octanol–water partition coefficient (Wildman–Crippen LogP) is -4.34. The normalized spacial score (nSPS) is 4.62. The second kappa shape index (κ2) is 65.2. The molecular weight excluding hydrogens is 232 g/mol. The van der Waals surface area contributed by atoms with Gasteiger partial charge in [0.05, 0.1) is 0 Å². The van der Waals surface area contributed by atoms with Gasteiger partial charge in [-0.25, -0.2) is 0 Å². The topological polar surface area (TPSA) is 31.5 Å². The van der Waals surface area contributed by atoms with Crippen molar-refractivity contribution < 1.29 is 30.3 Å². The Kier molecular flexibility index (Phi) is 230. The van der Waals surface area contributed by atoms with E-state index in [-0.39, 0.29) is 76.4 Å². The van der Waals surface area contributed by atoms with Gasteiger partial charge in [-0.2, -0.15) is 12.8 Å². The van der Waals surface area contributed by atoms with Crippen molar-refractivity contribution in [2.24, 2.45) is 0 Å². The molecule has 0 aromatic heterocycles. The van der Waals surface area contributed by atoms with Gasteiger partial charge in [0.25, 0.3) is 0 Å². The SMILES string of the molecule is O.[CH2-]CCC.[CH2-]CCC.[Cl-].[Cl-].[Mg+2].[Mg+2]. The number of hydrogen-bond acceptors (Lipinski definition) is 0. The molecular formula is C8H20Cl2Mg2O. The first-order valence-corrected chi connectivity index (χ1v) is 3.41. The van der Waals surface area contributed by atoms with Gasteiger partial charge in [0, 0.05) is 0 Å². The van der Waals surface area contributed by atoms with Crippen LogP contribution in [0.5, 0.6) is 0 Å². The van der Waals surface area contributed by atoms with Gasteiger partial charge in [-0.1, -0.05) is 26.7 Å². The summed E-state index contributed by atoms with van der Waals surface area (Å²) in [6.07, 6.45) is 4.56. The summed E-state index contributed by atoms with van der Waals surface area (Å²) in [4.78, 5) is 0. The minimum absolute atomic E-state index is 0. The van der Waals surface area contributed by atoms with Crippen LogP contribution in [0.3, 0.4) is 0 Å². The molecule has 0 rings (SSSR count). The van der Waals surface area contributed by atoms with Crippen molar-refractivity contribution >= 4 is 46.1 Å². The quantitative estimate of drug-likeness (QED) is 0.351. The summed E-state index contributed by atoms with van der Waals surface area (Å²) in [5.74, 6) is 0. The van der Waals surface area contributed by atoms with Crippen molar-refractivity contribution in [3.63, 3.8) is 0 Å². The van der Waals surface area contributed by atoms with E-state index in [0.29, 0.717) is 0 Å². The van der Waals surface area contributed by atoms with Gasteiger partial charge >= 0.3 is 46.1 Å². The first kappa shape index (κ1) is 45.8. The van der Waals surface area contributed by atoms with E-state index >= 15 is 0 Å². The zero-order valence-electron chi connectivity index (χ0n) is 8.91. The molecule has 0 unspecified atom stereocenters. The third kappa shape index (κ3) is 124. The Hall–Kier alpha value is 2.07. The van der Waals surface area contributed by atoms with E-state index in [1.165, 1.54) is 12.8 Å². The van der Waals surface area contributed by atoms with E-state index in [2.05, 4.69) is 27.7 Å². The fraction of sp³-hybridized carbons (Fsp3) is 0.750. The van der Waals surface area contributed by atoms with Gasteiger partial charge in [-0.15, -0.1) is 0 Å². The van der Waals surface area contributed by atoms with Crippen molar-refractivity contribution in [2.75, 3.05) is 0 Å². The summed E-state index contributed by atoms with van der Waals surface area (Å²) >= 11 is 0. The van der Waals surface area contributed by atoms with Gasteiger partial charge in [-0.3, -0.25) is 0 Å². The molecule has 1 nitrogen and oxygen atoms in total. The zero-order chi connectivity index (χ0) is 6.83. The van der Waals surface area contributed by atoms with Crippen LogP contribution in [0.4, 0.5) is 0 Å². The van der Waals surface area contributed by atoms with Gasteiger partial charge in [0.2, 0.25) is 0 Å². The first-order chi connectivity index (χ1) is 3.83. The zero-order valence-corrected chi connectivity index (χ0v) is 13.3. The Morgan fingerprint density at radius 2 is 0.846 bits per heavy atom. The molecule has 76 valence electrons. The van der Waals surface area contributed by atoms with E-state index < -0.39 is 0 Å². The standard InChI is InChI=1S/2C4H9.2ClH.2Mg.H2O/c2*1-3-4-2;;;;;/h2*1,3-4H2,2H3;2*1H;;;1H2/q2*-1;;;2*+2;/p-2. The van der Waals surface area contributed by atoms with Crippen LogP contribution in [0.1, 0.15) is 39.5 Å². The molecule has 0 aromatic carbocycles. The van der Waals surface area contributed by atoms with Crippen LogP contribution in [0.2, 0.25) is 0 Å². The molecule has 0 atom stereocenters. The van der Waals surface area contributed by atoms with Gasteiger partial charge < -0.3 is 44.1 Å². The molecule has 13 heavy (non-hydrogen) atoms. The van der Waals surface area contributed by atoms with Crippen LogP contribution in [0.15, 0.2) is 0 Å². The van der Waals surface area contributed by atoms with E-state index in [0.717, 1.165) is 12.8 Å². The second-order valence-corrected chi connectivity index (χ2v) is 1.71. The molecule has 5 heteroatoms. The Balaban J connectivity index is -0.00000000800. The molecule has 2 N–H and O–H groups in total. The summed E-state index contributed by atoms with van der Waals surface area (Å²) in [7, 11) is 0. The van der Waals surface area contributed by atoms with Crippen molar-refractivity contribution in [2.45, 2.75) is 39.5 Å². The Morgan fingerprint density at radius 3 is 0.846 bits per heavy atom. The fourth-order valence-corrected chi connectivity index (χ4v) is 0. The molecule has 0 aliphatic carbocycles. The smallest absolute Gasteiger partial charge is 1.00 e. The number of halogens is 2. The fourth-order valence-electron chi connectivity index (χ4n) is 0. The molecule has 0 fully saturated rings. The summed E-state index contributed by atoms with van der Waals surface area (Å²) in [5, 5.41) is 0. The molecule has 0 saturated heterocycles. The largest absolute Gasteiger partial charge is 2.00 e. The molecule has 0 aliphatic rings. The maximum atomic E-state index is 3.60. The van der Waals surface area contributed by atoms with Crippen molar-refractivity contribution in [1.82, 2.24) is 0 Å². The van der Waals surface area contributed by atoms with Gasteiger partial charge in [0.15, 0.2) is 0 Å². The maximum Gasteiger partial charge on any atom is 2.00 e. The summed E-state index contributed by atoms with van der Waals surface area (Å²) in [5.41, 5.74) is 0. The van der Waals surface area contributed by atoms with E-state index in [1.807, 2.05) is 0 Å². The average molecular weight is 252 g/mol. The minimum atomic E-state index is 0. The van der Waals surface area contributed by atoms with Crippen LogP contribution >= 0.6 is 0 Å². The third-order valence-corrected chi connectivity index (χ3v) is 0.707. The molecule has 0 amide bonds. The van der Waals surface area contributed by atoms with E-state index in [9.17, 15) is 0 Å². The number of rotatable bonds is 2. The van der Waals surface area contributed by atoms with E-state index in [4.69, 9.17) is 0 Å². The Bertz CT molecular complexity index is 28.1. The van der Waals surface area contributed by atoms with E-state index in [1.54, 1.807) is 0 Å². The average Bonchev–Trinajstić information content (AvgIpc) is 1.88. The summed E-state index contributed by atoms with van der Waals surface area (Å²) in [6.45, 7) is 11.4. The molecule has 0 spiro atoms. The van der Waals surface area contributed by atoms with Crippen molar-refractivity contribution in [1.29, 1.82) is 0 Å². The molecule has 0 aromatic rings.